The van der Waals surface area contributed by atoms with Gasteiger partial charge in [0.25, 0.3) is 5.56 Å². The number of nitrogens with one attached hydrogen (secondary N) is 1. The van der Waals surface area contributed by atoms with Crippen LogP contribution in [-0.4, -0.2) is 38.2 Å². The highest BCUT2D eigenvalue weighted by atomic mass is 19.4. The zero-order valence-corrected chi connectivity index (χ0v) is 20.7. The van der Waals surface area contributed by atoms with Crippen LogP contribution in [0.1, 0.15) is 23.4 Å². The number of ether oxygens (including phenoxy) is 1. The third-order valence-corrected chi connectivity index (χ3v) is 6.19. The fourth-order valence-electron chi connectivity index (χ4n) is 4.32. The average Bonchev–Trinajstić information content (AvgIpc) is 3.36. The number of benzene rings is 3. The molecule has 0 saturated heterocycles. The first-order valence-corrected chi connectivity index (χ1v) is 12.3. The van der Waals surface area contributed by atoms with E-state index < -0.39 is 11.7 Å². The van der Waals surface area contributed by atoms with Crippen LogP contribution < -0.4 is 15.6 Å². The molecule has 200 valence electrons. The third kappa shape index (κ3) is 5.77. The van der Waals surface area contributed by atoms with Gasteiger partial charge in [-0.05, 0) is 35.9 Å². The Morgan fingerprint density at radius 3 is 2.51 bits per heavy atom. The van der Waals surface area contributed by atoms with E-state index in [4.69, 9.17) is 4.74 Å². The maximum Gasteiger partial charge on any atom is 0.416 e. The lowest BCUT2D eigenvalue weighted by Crippen LogP contribution is -2.28. The number of nitrogens with zero attached hydrogens (tertiary/aromatic N) is 4. The smallest absolute Gasteiger partial charge is 0.416 e. The summed E-state index contributed by atoms with van der Waals surface area (Å²) in [7, 11) is 0. The Kier molecular flexibility index (Phi) is 7.31. The zero-order valence-electron chi connectivity index (χ0n) is 20.7. The van der Waals surface area contributed by atoms with Crippen LogP contribution in [-0.2, 0) is 23.9 Å². The van der Waals surface area contributed by atoms with Gasteiger partial charge in [-0.1, -0.05) is 48.5 Å². The number of rotatable bonds is 9. The lowest BCUT2D eigenvalue weighted by molar-refractivity contribution is -0.137. The number of hydrogen-bond acceptors (Lipinski definition) is 5. The van der Waals surface area contributed by atoms with Gasteiger partial charge in [-0.3, -0.25) is 18.6 Å². The first-order valence-electron chi connectivity index (χ1n) is 12.3. The van der Waals surface area contributed by atoms with Crippen molar-refractivity contribution in [1.29, 1.82) is 0 Å². The summed E-state index contributed by atoms with van der Waals surface area (Å²) in [5.74, 6) is 0.703. The van der Waals surface area contributed by atoms with E-state index in [-0.39, 0.29) is 43.2 Å². The third-order valence-electron chi connectivity index (χ3n) is 6.19. The van der Waals surface area contributed by atoms with E-state index in [1.165, 1.54) is 12.1 Å². The summed E-state index contributed by atoms with van der Waals surface area (Å²) in [4.78, 5) is 25.8. The van der Waals surface area contributed by atoms with Crippen molar-refractivity contribution in [3.63, 3.8) is 0 Å². The molecule has 2 heterocycles. The van der Waals surface area contributed by atoms with Crippen LogP contribution >= 0.6 is 0 Å². The van der Waals surface area contributed by atoms with Crippen molar-refractivity contribution in [2.75, 3.05) is 13.2 Å². The Balaban J connectivity index is 1.26. The van der Waals surface area contributed by atoms with Crippen molar-refractivity contribution in [3.05, 3.63) is 106 Å². The molecule has 0 unspecified atom stereocenters. The van der Waals surface area contributed by atoms with Gasteiger partial charge in [0.1, 0.15) is 18.2 Å². The molecule has 0 radical (unpaired) electrons. The SMILES string of the molecule is O=C(CCc1nnc2n(Cc3ccccc3)c(=O)c3ccccc3n12)NCCOc1cccc(C(F)(F)F)c1. The molecule has 0 fully saturated rings. The quantitative estimate of drug-likeness (QED) is 0.285. The number of fused-ring (bicyclic) bond motifs is 3. The van der Waals surface area contributed by atoms with Gasteiger partial charge in [0.2, 0.25) is 11.7 Å². The fourth-order valence-corrected chi connectivity index (χ4v) is 4.32. The van der Waals surface area contributed by atoms with E-state index in [9.17, 15) is 22.8 Å². The summed E-state index contributed by atoms with van der Waals surface area (Å²) in [6, 6.07) is 21.3. The van der Waals surface area contributed by atoms with Crippen molar-refractivity contribution in [2.45, 2.75) is 25.6 Å². The molecule has 39 heavy (non-hydrogen) atoms. The van der Waals surface area contributed by atoms with Gasteiger partial charge in [0.05, 0.1) is 29.6 Å². The Morgan fingerprint density at radius 1 is 0.949 bits per heavy atom. The van der Waals surface area contributed by atoms with E-state index in [1.54, 1.807) is 21.1 Å². The normalized spacial score (nSPS) is 11.7. The van der Waals surface area contributed by atoms with Crippen molar-refractivity contribution >= 4 is 22.6 Å². The van der Waals surface area contributed by atoms with Gasteiger partial charge >= 0.3 is 6.18 Å². The van der Waals surface area contributed by atoms with E-state index in [0.717, 1.165) is 17.7 Å². The molecule has 0 spiro atoms. The second-order valence-electron chi connectivity index (χ2n) is 8.87. The number of carbonyl (C=O) groups excluding carboxylic acids is 1. The minimum atomic E-state index is -4.46. The van der Waals surface area contributed by atoms with Crippen LogP contribution in [0.15, 0.2) is 83.7 Å². The maximum absolute atomic E-state index is 13.3. The highest BCUT2D eigenvalue weighted by Gasteiger charge is 2.30. The molecule has 1 amide bonds. The number of carbonyl (C=O) groups is 1. The molecule has 8 nitrogen and oxygen atoms in total. The number of para-hydroxylation sites is 1. The second-order valence-corrected chi connectivity index (χ2v) is 8.87. The lowest BCUT2D eigenvalue weighted by atomic mass is 10.2. The molecule has 0 aliphatic rings. The Bertz CT molecular complexity index is 1680. The number of aryl methyl sites for hydroxylation is 1. The van der Waals surface area contributed by atoms with Crippen LogP contribution in [0.2, 0.25) is 0 Å². The van der Waals surface area contributed by atoms with Gasteiger partial charge in [-0.15, -0.1) is 10.2 Å². The molecular weight excluding hydrogens is 511 g/mol. The molecule has 1 N–H and O–H groups in total. The van der Waals surface area contributed by atoms with E-state index in [0.29, 0.717) is 29.0 Å². The summed E-state index contributed by atoms with van der Waals surface area (Å²) in [6.07, 6.45) is -4.10. The molecule has 0 bridgehead atoms. The van der Waals surface area contributed by atoms with Gasteiger partial charge < -0.3 is 10.1 Å². The van der Waals surface area contributed by atoms with E-state index in [1.807, 2.05) is 42.5 Å². The van der Waals surface area contributed by atoms with Crippen molar-refractivity contribution < 1.29 is 22.7 Å². The minimum Gasteiger partial charge on any atom is -0.492 e. The monoisotopic (exact) mass is 535 g/mol. The fraction of sp³-hybridized carbons (Fsp3) is 0.214. The standard InChI is InChI=1S/C28H24F3N5O3/c29-28(30,31)20-9-6-10-21(17-20)39-16-15-32-25(37)14-13-24-33-34-27-35(18-19-7-2-1-3-8-19)26(38)22-11-4-5-12-23(22)36(24)27/h1-12,17H,13-16,18H2,(H,32,37). The van der Waals surface area contributed by atoms with E-state index in [2.05, 4.69) is 15.5 Å². The first-order chi connectivity index (χ1) is 18.8. The number of halogens is 3. The molecule has 0 atom stereocenters. The first kappa shape index (κ1) is 26.0. The van der Waals surface area contributed by atoms with Gasteiger partial charge in [-0.25, -0.2) is 0 Å². The number of amides is 1. The largest absolute Gasteiger partial charge is 0.492 e. The summed E-state index contributed by atoms with van der Waals surface area (Å²) in [5.41, 5.74) is 0.607. The van der Waals surface area contributed by atoms with Crippen molar-refractivity contribution in [1.82, 2.24) is 24.5 Å². The number of hydrogen-bond donors (Lipinski definition) is 1. The molecule has 0 saturated carbocycles. The van der Waals surface area contributed by atoms with Gasteiger partial charge in [-0.2, -0.15) is 13.2 Å². The summed E-state index contributed by atoms with van der Waals surface area (Å²) >= 11 is 0. The lowest BCUT2D eigenvalue weighted by Gasteiger charge is -2.12. The van der Waals surface area contributed by atoms with Gasteiger partial charge in [0, 0.05) is 12.8 Å². The summed E-state index contributed by atoms with van der Waals surface area (Å²) in [5, 5.41) is 11.8. The van der Waals surface area contributed by atoms with Crippen LogP contribution in [0.25, 0.3) is 16.7 Å². The molecule has 3 aromatic carbocycles. The predicted molar refractivity (Wildman–Crippen MR) is 139 cm³/mol. The Labute approximate surface area is 220 Å². The molecule has 2 aromatic heterocycles. The molecule has 5 aromatic rings. The van der Waals surface area contributed by atoms with Gasteiger partial charge in [0.15, 0.2) is 0 Å². The zero-order chi connectivity index (χ0) is 27.4. The van der Waals surface area contributed by atoms with Crippen molar-refractivity contribution in [3.8, 4) is 5.75 Å². The Hall–Kier alpha value is -4.67. The molecule has 0 aliphatic heterocycles. The number of aromatic nitrogens is 4. The predicted octanol–water partition coefficient (Wildman–Crippen LogP) is 4.24. The van der Waals surface area contributed by atoms with Crippen LogP contribution in [0.3, 0.4) is 0 Å². The molecular formula is C28H24F3N5O3. The summed E-state index contributed by atoms with van der Waals surface area (Å²) in [6.45, 7) is 0.449. The van der Waals surface area contributed by atoms with E-state index >= 15 is 0 Å². The molecule has 5 rings (SSSR count). The molecule has 0 aliphatic carbocycles. The van der Waals surface area contributed by atoms with Crippen molar-refractivity contribution in [2.24, 2.45) is 0 Å². The highest BCUT2D eigenvalue weighted by Crippen LogP contribution is 2.31. The van der Waals surface area contributed by atoms with Crippen LogP contribution in [0, 0.1) is 0 Å². The average molecular weight is 536 g/mol. The topological polar surface area (TPSA) is 90.5 Å². The summed E-state index contributed by atoms with van der Waals surface area (Å²) < 4.78 is 47.3. The van der Waals surface area contributed by atoms with Crippen LogP contribution in [0.4, 0.5) is 13.2 Å². The highest BCUT2D eigenvalue weighted by molar-refractivity contribution is 5.80. The molecule has 11 heteroatoms. The van der Waals surface area contributed by atoms with Crippen LogP contribution in [0.5, 0.6) is 5.75 Å². The maximum atomic E-state index is 13.3. The Morgan fingerprint density at radius 2 is 1.72 bits per heavy atom. The second kappa shape index (κ2) is 11.0. The minimum absolute atomic E-state index is 0.0112. The number of alkyl halides is 3.